The van der Waals surface area contributed by atoms with E-state index in [4.69, 9.17) is 16.6 Å². The van der Waals surface area contributed by atoms with Gasteiger partial charge in [-0.25, -0.2) is 0 Å². The summed E-state index contributed by atoms with van der Waals surface area (Å²) in [6.45, 7) is 0. The molecule has 0 aromatic rings. The van der Waals surface area contributed by atoms with Gasteiger partial charge in [0.2, 0.25) is 0 Å². The Morgan fingerprint density at radius 2 is 2.15 bits per heavy atom. The van der Waals surface area contributed by atoms with E-state index in [0.29, 0.717) is 24.2 Å². The highest BCUT2D eigenvalue weighted by Gasteiger charge is 2.10. The van der Waals surface area contributed by atoms with E-state index < -0.39 is 18.1 Å². The van der Waals surface area contributed by atoms with Crippen LogP contribution in [0.2, 0.25) is 0 Å². The van der Waals surface area contributed by atoms with Crippen molar-refractivity contribution in [2.24, 2.45) is 11.5 Å². The number of aliphatic carboxylic acids is 1. The number of hydrogen-bond donors (Lipinski definition) is 3. The topological polar surface area (TPSA) is 106 Å². The van der Waals surface area contributed by atoms with Crippen LogP contribution in [-0.4, -0.2) is 41.0 Å². The molecule has 0 saturated heterocycles. The number of aldehydes is 1. The molecule has 0 rings (SSSR count). The zero-order chi connectivity index (χ0) is 10.3. The van der Waals surface area contributed by atoms with E-state index in [-0.39, 0.29) is 0 Å². The Morgan fingerprint density at radius 1 is 1.54 bits per heavy atom. The molecular formula is C7H14N2O3S. The molecule has 0 fully saturated rings. The predicted octanol–water partition coefficient (Wildman–Crippen LogP) is -0.952. The maximum Gasteiger partial charge on any atom is 0.320 e. The van der Waals surface area contributed by atoms with Crippen LogP contribution in [0.15, 0.2) is 0 Å². The fourth-order valence-electron chi connectivity index (χ4n) is 0.592. The van der Waals surface area contributed by atoms with Crippen molar-refractivity contribution in [3.63, 3.8) is 0 Å². The highest BCUT2D eigenvalue weighted by atomic mass is 32.2. The molecule has 0 saturated carbocycles. The van der Waals surface area contributed by atoms with Crippen molar-refractivity contribution < 1.29 is 14.7 Å². The lowest BCUT2D eigenvalue weighted by Crippen LogP contribution is -2.31. The Hall–Kier alpha value is -0.590. The lowest BCUT2D eigenvalue weighted by molar-refractivity contribution is -0.138. The van der Waals surface area contributed by atoms with E-state index in [9.17, 15) is 9.59 Å². The van der Waals surface area contributed by atoms with E-state index in [0.717, 1.165) is 0 Å². The van der Waals surface area contributed by atoms with Crippen molar-refractivity contribution >= 4 is 24.0 Å². The summed E-state index contributed by atoms with van der Waals surface area (Å²) in [5.74, 6) is 0.116. The minimum Gasteiger partial charge on any atom is -0.480 e. The number of nitrogens with two attached hydrogens (primary N) is 2. The van der Waals surface area contributed by atoms with Gasteiger partial charge < -0.3 is 21.4 Å². The zero-order valence-corrected chi connectivity index (χ0v) is 8.00. The van der Waals surface area contributed by atoms with Crippen LogP contribution in [0, 0.1) is 0 Å². The molecule has 5 N–H and O–H groups in total. The predicted molar refractivity (Wildman–Crippen MR) is 51.6 cm³/mol. The quantitative estimate of drug-likeness (QED) is 0.366. The molecule has 0 amide bonds. The van der Waals surface area contributed by atoms with Crippen molar-refractivity contribution in [2.75, 3.05) is 11.5 Å². The van der Waals surface area contributed by atoms with Crippen LogP contribution in [0.3, 0.4) is 0 Å². The van der Waals surface area contributed by atoms with Crippen molar-refractivity contribution in [1.82, 2.24) is 0 Å². The summed E-state index contributed by atoms with van der Waals surface area (Å²) < 4.78 is 0. The molecule has 2 atom stereocenters. The molecule has 0 bridgehead atoms. The van der Waals surface area contributed by atoms with Gasteiger partial charge in [-0.3, -0.25) is 4.79 Å². The Bertz CT molecular complexity index is 177. The Labute approximate surface area is 80.8 Å². The van der Waals surface area contributed by atoms with E-state index in [1.807, 2.05) is 0 Å². The van der Waals surface area contributed by atoms with Crippen molar-refractivity contribution in [3.8, 4) is 0 Å². The zero-order valence-electron chi connectivity index (χ0n) is 7.18. The minimum atomic E-state index is -1.000. The fraction of sp³-hybridized carbons (Fsp3) is 0.714. The molecule has 0 aliphatic heterocycles. The van der Waals surface area contributed by atoms with Crippen LogP contribution in [0.4, 0.5) is 0 Å². The van der Waals surface area contributed by atoms with Crippen molar-refractivity contribution in [3.05, 3.63) is 0 Å². The monoisotopic (exact) mass is 206 g/mol. The Balaban J connectivity index is 3.35. The maximum absolute atomic E-state index is 10.3. The van der Waals surface area contributed by atoms with Gasteiger partial charge in [0.1, 0.15) is 12.3 Å². The van der Waals surface area contributed by atoms with Crippen LogP contribution >= 0.6 is 11.8 Å². The Kier molecular flexibility index (Phi) is 6.56. The molecule has 0 heterocycles. The first kappa shape index (κ1) is 12.4. The number of carboxylic acid groups (broad SMARTS) is 1. The smallest absolute Gasteiger partial charge is 0.320 e. The molecule has 0 aromatic carbocycles. The second-order valence-corrected chi connectivity index (χ2v) is 3.76. The fourth-order valence-corrected chi connectivity index (χ4v) is 1.53. The van der Waals surface area contributed by atoms with Gasteiger partial charge in [-0.15, -0.1) is 0 Å². The van der Waals surface area contributed by atoms with Gasteiger partial charge in [0, 0.05) is 5.75 Å². The minimum absolute atomic E-state index is 0.394. The summed E-state index contributed by atoms with van der Waals surface area (Å²) >= 11 is 1.43. The third kappa shape index (κ3) is 6.56. The average Bonchev–Trinajstić information content (AvgIpc) is 2.11. The molecule has 2 unspecified atom stereocenters. The lowest BCUT2D eigenvalue weighted by atomic mass is 10.2. The summed E-state index contributed by atoms with van der Waals surface area (Å²) in [7, 11) is 0. The normalized spacial score (nSPS) is 14.9. The largest absolute Gasteiger partial charge is 0.480 e. The Morgan fingerprint density at radius 3 is 2.62 bits per heavy atom. The summed E-state index contributed by atoms with van der Waals surface area (Å²) in [5.41, 5.74) is 10.6. The second kappa shape index (κ2) is 6.88. The van der Waals surface area contributed by atoms with Gasteiger partial charge in [0.25, 0.3) is 0 Å². The van der Waals surface area contributed by atoms with Crippen LogP contribution in [0.1, 0.15) is 6.42 Å². The standard InChI is InChI=1S/C7H14N2O3S/c8-5(3-10)4-13-2-1-6(9)7(11)12/h3,5-6H,1-2,4,8-9H2,(H,11,12). The van der Waals surface area contributed by atoms with Gasteiger partial charge in [0.15, 0.2) is 0 Å². The molecule has 5 nitrogen and oxygen atoms in total. The van der Waals surface area contributed by atoms with Crippen LogP contribution < -0.4 is 11.5 Å². The molecule has 76 valence electrons. The number of thioether (sulfide) groups is 1. The summed E-state index contributed by atoms with van der Waals surface area (Å²) in [6.07, 6.45) is 1.07. The van der Waals surface area contributed by atoms with E-state index in [2.05, 4.69) is 0 Å². The highest BCUT2D eigenvalue weighted by Crippen LogP contribution is 2.04. The molecule has 0 spiro atoms. The van der Waals surface area contributed by atoms with Crippen LogP contribution in [0.5, 0.6) is 0 Å². The molecule has 13 heavy (non-hydrogen) atoms. The van der Waals surface area contributed by atoms with Crippen molar-refractivity contribution in [2.45, 2.75) is 18.5 Å². The molecule has 0 aliphatic rings. The molecule has 0 aromatic heterocycles. The van der Waals surface area contributed by atoms with E-state index in [1.54, 1.807) is 0 Å². The summed E-state index contributed by atoms with van der Waals surface area (Å²) in [5, 5.41) is 8.42. The molecule has 0 aliphatic carbocycles. The van der Waals surface area contributed by atoms with Crippen molar-refractivity contribution in [1.29, 1.82) is 0 Å². The number of rotatable bonds is 7. The highest BCUT2D eigenvalue weighted by molar-refractivity contribution is 7.99. The van der Waals surface area contributed by atoms with E-state index in [1.165, 1.54) is 11.8 Å². The molecular weight excluding hydrogens is 192 g/mol. The average molecular weight is 206 g/mol. The first-order chi connectivity index (χ1) is 6.07. The lowest BCUT2D eigenvalue weighted by Gasteiger charge is -2.06. The SMILES string of the molecule is NC(C=O)CSCCC(N)C(=O)O. The number of hydrogen-bond acceptors (Lipinski definition) is 5. The third-order valence-electron chi connectivity index (χ3n) is 1.38. The number of carboxylic acids is 1. The van der Waals surface area contributed by atoms with Gasteiger partial charge in [0.05, 0.1) is 6.04 Å². The third-order valence-corrected chi connectivity index (χ3v) is 2.52. The summed E-state index contributed by atoms with van der Waals surface area (Å²) in [4.78, 5) is 20.4. The number of carbonyl (C=O) groups excluding carboxylic acids is 1. The molecule has 0 radical (unpaired) electrons. The maximum atomic E-state index is 10.3. The number of carbonyl (C=O) groups is 2. The van der Waals surface area contributed by atoms with E-state index >= 15 is 0 Å². The molecule has 6 heteroatoms. The van der Waals surface area contributed by atoms with Gasteiger partial charge in [-0.1, -0.05) is 0 Å². The first-order valence-electron chi connectivity index (χ1n) is 3.85. The van der Waals surface area contributed by atoms with Gasteiger partial charge >= 0.3 is 5.97 Å². The summed E-state index contributed by atoms with van der Waals surface area (Å²) in [6, 6.07) is -1.29. The second-order valence-electron chi connectivity index (χ2n) is 2.61. The van der Waals surface area contributed by atoms with Crippen LogP contribution in [-0.2, 0) is 9.59 Å². The van der Waals surface area contributed by atoms with Gasteiger partial charge in [-0.05, 0) is 12.2 Å². The van der Waals surface area contributed by atoms with Gasteiger partial charge in [-0.2, -0.15) is 11.8 Å². The van der Waals surface area contributed by atoms with Crippen LogP contribution in [0.25, 0.3) is 0 Å². The first-order valence-corrected chi connectivity index (χ1v) is 5.00.